The molecule has 0 saturated carbocycles. The molecule has 2 N–H and O–H groups in total. The fraction of sp³-hybridized carbons (Fsp3) is 0.100. The van der Waals surface area contributed by atoms with Gasteiger partial charge in [-0.1, -0.05) is 6.08 Å². The van der Waals surface area contributed by atoms with E-state index in [9.17, 15) is 0 Å². The fourth-order valence-corrected chi connectivity index (χ4v) is 1.43. The van der Waals surface area contributed by atoms with E-state index in [0.29, 0.717) is 11.7 Å². The zero-order chi connectivity index (χ0) is 10.4. The standard InChI is InChI=1S/C10H11IN2S/c1-2-7-12-10(14)13-9-5-3-8(11)4-6-9/h2-6H,1,7H2,(H2,12,13,14). The molecule has 0 atom stereocenters. The summed E-state index contributed by atoms with van der Waals surface area (Å²) in [7, 11) is 0. The molecule has 0 heterocycles. The van der Waals surface area contributed by atoms with Gasteiger partial charge in [-0.05, 0) is 59.1 Å². The van der Waals surface area contributed by atoms with Crippen molar-refractivity contribution in [1.29, 1.82) is 0 Å². The van der Waals surface area contributed by atoms with Crippen molar-refractivity contribution in [2.24, 2.45) is 0 Å². The summed E-state index contributed by atoms with van der Waals surface area (Å²) in [6.07, 6.45) is 1.77. The van der Waals surface area contributed by atoms with Crippen LogP contribution >= 0.6 is 34.8 Å². The highest BCUT2D eigenvalue weighted by atomic mass is 127. The van der Waals surface area contributed by atoms with Gasteiger partial charge in [0.25, 0.3) is 0 Å². The second kappa shape index (κ2) is 5.98. The van der Waals surface area contributed by atoms with Crippen LogP contribution in [0.15, 0.2) is 36.9 Å². The maximum absolute atomic E-state index is 5.06. The van der Waals surface area contributed by atoms with Gasteiger partial charge in [0.15, 0.2) is 5.11 Å². The van der Waals surface area contributed by atoms with E-state index in [4.69, 9.17) is 12.2 Å². The summed E-state index contributed by atoms with van der Waals surface area (Å²) in [5, 5.41) is 6.69. The van der Waals surface area contributed by atoms with Crippen molar-refractivity contribution in [2.75, 3.05) is 11.9 Å². The first-order chi connectivity index (χ1) is 6.72. The van der Waals surface area contributed by atoms with Crippen LogP contribution in [0.5, 0.6) is 0 Å². The van der Waals surface area contributed by atoms with Gasteiger partial charge in [0.1, 0.15) is 0 Å². The Morgan fingerprint density at radius 2 is 2.07 bits per heavy atom. The van der Waals surface area contributed by atoms with Crippen LogP contribution in [0.2, 0.25) is 0 Å². The summed E-state index contributed by atoms with van der Waals surface area (Å²) < 4.78 is 1.21. The van der Waals surface area contributed by atoms with Crippen molar-refractivity contribution < 1.29 is 0 Å². The Balaban J connectivity index is 2.47. The minimum absolute atomic E-state index is 0.617. The molecule has 4 heteroatoms. The Hall–Kier alpha value is -0.620. The molecule has 0 saturated heterocycles. The average Bonchev–Trinajstić information content (AvgIpc) is 2.18. The lowest BCUT2D eigenvalue weighted by Gasteiger charge is -2.08. The van der Waals surface area contributed by atoms with Crippen LogP contribution in [-0.2, 0) is 0 Å². The molecule has 0 radical (unpaired) electrons. The van der Waals surface area contributed by atoms with Gasteiger partial charge in [0, 0.05) is 15.8 Å². The van der Waals surface area contributed by atoms with Gasteiger partial charge in [0.2, 0.25) is 0 Å². The first-order valence-electron chi connectivity index (χ1n) is 4.13. The molecule has 0 amide bonds. The first-order valence-corrected chi connectivity index (χ1v) is 5.62. The van der Waals surface area contributed by atoms with E-state index in [0.717, 1.165) is 5.69 Å². The highest BCUT2D eigenvalue weighted by Gasteiger charge is 1.94. The van der Waals surface area contributed by atoms with Gasteiger partial charge in [-0.25, -0.2) is 0 Å². The van der Waals surface area contributed by atoms with Gasteiger partial charge >= 0.3 is 0 Å². The summed E-state index contributed by atoms with van der Waals surface area (Å²) in [5.41, 5.74) is 0.993. The molecule has 0 aliphatic heterocycles. The molecular formula is C10H11IN2S. The predicted octanol–water partition coefficient (Wildman–Crippen LogP) is 2.76. The zero-order valence-electron chi connectivity index (χ0n) is 7.59. The molecule has 1 aromatic carbocycles. The Morgan fingerprint density at radius 3 is 2.64 bits per heavy atom. The number of thiocarbonyl (C=S) groups is 1. The molecule has 0 aliphatic carbocycles. The molecular weight excluding hydrogens is 307 g/mol. The molecule has 0 aliphatic rings. The largest absolute Gasteiger partial charge is 0.359 e. The van der Waals surface area contributed by atoms with Gasteiger partial charge in [0.05, 0.1) is 0 Å². The molecule has 74 valence electrons. The number of rotatable bonds is 3. The van der Waals surface area contributed by atoms with E-state index in [1.807, 2.05) is 24.3 Å². The van der Waals surface area contributed by atoms with Gasteiger partial charge in [-0.15, -0.1) is 6.58 Å². The predicted molar refractivity (Wildman–Crippen MR) is 73.6 cm³/mol. The van der Waals surface area contributed by atoms with Crippen LogP contribution in [0.3, 0.4) is 0 Å². The third-order valence-electron chi connectivity index (χ3n) is 1.51. The van der Waals surface area contributed by atoms with E-state index in [2.05, 4.69) is 39.8 Å². The summed E-state index contributed by atoms with van der Waals surface area (Å²) in [4.78, 5) is 0. The number of anilines is 1. The minimum Gasteiger partial charge on any atom is -0.359 e. The number of halogens is 1. The van der Waals surface area contributed by atoms with Crippen LogP contribution in [0.25, 0.3) is 0 Å². The van der Waals surface area contributed by atoms with Crippen molar-refractivity contribution in [1.82, 2.24) is 5.32 Å². The van der Waals surface area contributed by atoms with E-state index in [1.54, 1.807) is 6.08 Å². The fourth-order valence-electron chi connectivity index (χ4n) is 0.873. The molecule has 0 fully saturated rings. The quantitative estimate of drug-likeness (QED) is 0.509. The highest BCUT2D eigenvalue weighted by Crippen LogP contribution is 2.10. The van der Waals surface area contributed by atoms with Crippen LogP contribution in [0.4, 0.5) is 5.69 Å². The van der Waals surface area contributed by atoms with Crippen molar-refractivity contribution in [2.45, 2.75) is 0 Å². The second-order valence-corrected chi connectivity index (χ2v) is 4.28. The Bertz CT molecular complexity index is 321. The van der Waals surface area contributed by atoms with Crippen LogP contribution in [-0.4, -0.2) is 11.7 Å². The number of benzene rings is 1. The summed E-state index contributed by atoms with van der Waals surface area (Å²) in [6, 6.07) is 8.03. The van der Waals surface area contributed by atoms with E-state index in [-0.39, 0.29) is 0 Å². The molecule has 1 rings (SSSR count). The van der Waals surface area contributed by atoms with Crippen LogP contribution < -0.4 is 10.6 Å². The monoisotopic (exact) mass is 318 g/mol. The molecule has 0 bridgehead atoms. The number of nitrogens with one attached hydrogen (secondary N) is 2. The van der Waals surface area contributed by atoms with Crippen molar-refractivity contribution in [3.05, 3.63) is 40.5 Å². The lowest BCUT2D eigenvalue weighted by molar-refractivity contribution is 1.06. The molecule has 0 aromatic heterocycles. The SMILES string of the molecule is C=CCNC(=S)Nc1ccc(I)cc1. The van der Waals surface area contributed by atoms with Gasteiger partial charge in [-0.3, -0.25) is 0 Å². The Morgan fingerprint density at radius 1 is 1.43 bits per heavy atom. The van der Waals surface area contributed by atoms with Gasteiger partial charge < -0.3 is 10.6 Å². The Kier molecular flexibility index (Phi) is 4.89. The second-order valence-electron chi connectivity index (χ2n) is 2.63. The topological polar surface area (TPSA) is 24.1 Å². The smallest absolute Gasteiger partial charge is 0.171 e. The van der Waals surface area contributed by atoms with Gasteiger partial charge in [-0.2, -0.15) is 0 Å². The molecule has 2 nitrogen and oxygen atoms in total. The summed E-state index contributed by atoms with van der Waals surface area (Å²) in [6.45, 7) is 4.28. The molecule has 0 spiro atoms. The van der Waals surface area contributed by atoms with E-state index >= 15 is 0 Å². The van der Waals surface area contributed by atoms with Crippen LogP contribution in [0.1, 0.15) is 0 Å². The van der Waals surface area contributed by atoms with Crippen molar-refractivity contribution >= 4 is 45.6 Å². The number of hydrogen-bond donors (Lipinski definition) is 2. The minimum atomic E-state index is 0.617. The average molecular weight is 318 g/mol. The third-order valence-corrected chi connectivity index (χ3v) is 2.47. The molecule has 0 unspecified atom stereocenters. The third kappa shape index (κ3) is 4.06. The lowest BCUT2D eigenvalue weighted by atomic mass is 10.3. The van der Waals surface area contributed by atoms with Crippen LogP contribution in [0, 0.1) is 3.57 Å². The molecule has 1 aromatic rings. The number of hydrogen-bond acceptors (Lipinski definition) is 1. The summed E-state index contributed by atoms with van der Waals surface area (Å²) >= 11 is 7.33. The Labute approximate surface area is 103 Å². The first kappa shape index (κ1) is 11.5. The van der Waals surface area contributed by atoms with Crippen molar-refractivity contribution in [3.8, 4) is 0 Å². The molecule has 14 heavy (non-hydrogen) atoms. The van der Waals surface area contributed by atoms with E-state index in [1.165, 1.54) is 3.57 Å². The van der Waals surface area contributed by atoms with E-state index < -0.39 is 0 Å². The summed E-state index contributed by atoms with van der Waals surface area (Å²) in [5.74, 6) is 0. The highest BCUT2D eigenvalue weighted by molar-refractivity contribution is 14.1. The normalized spacial score (nSPS) is 9.21. The maximum Gasteiger partial charge on any atom is 0.171 e. The zero-order valence-corrected chi connectivity index (χ0v) is 10.6. The lowest BCUT2D eigenvalue weighted by Crippen LogP contribution is -2.28. The maximum atomic E-state index is 5.06. The van der Waals surface area contributed by atoms with Crippen molar-refractivity contribution in [3.63, 3.8) is 0 Å².